The van der Waals surface area contributed by atoms with Crippen LogP contribution in [0, 0.1) is 17.2 Å². The summed E-state index contributed by atoms with van der Waals surface area (Å²) in [5.41, 5.74) is 5.45. The van der Waals surface area contributed by atoms with E-state index in [0.29, 0.717) is 17.6 Å². The SMILES string of the molecule is CCC1C(c2ccc(O)cc2)Cc2ccc(O)cc2C1Cc1ccccc1C#N. The first-order chi connectivity index (χ1) is 14.1. The van der Waals surface area contributed by atoms with Crippen LogP contribution >= 0.6 is 0 Å². The molecule has 0 aromatic heterocycles. The Hall–Kier alpha value is -3.25. The first-order valence-corrected chi connectivity index (χ1v) is 10.2. The summed E-state index contributed by atoms with van der Waals surface area (Å²) in [5, 5.41) is 29.4. The van der Waals surface area contributed by atoms with E-state index >= 15 is 0 Å². The van der Waals surface area contributed by atoms with E-state index in [-0.39, 0.29) is 11.7 Å². The average molecular weight is 383 g/mol. The number of phenols is 2. The second kappa shape index (κ2) is 8.01. The summed E-state index contributed by atoms with van der Waals surface area (Å²) in [4.78, 5) is 0. The lowest BCUT2D eigenvalue weighted by Gasteiger charge is -2.40. The molecule has 3 unspecified atom stereocenters. The van der Waals surface area contributed by atoms with E-state index in [4.69, 9.17) is 0 Å². The van der Waals surface area contributed by atoms with Crippen molar-refractivity contribution in [2.24, 2.45) is 5.92 Å². The van der Waals surface area contributed by atoms with Gasteiger partial charge in [-0.3, -0.25) is 0 Å². The molecule has 0 amide bonds. The monoisotopic (exact) mass is 383 g/mol. The predicted octanol–water partition coefficient (Wildman–Crippen LogP) is 5.66. The number of phenolic OH excluding ortho intramolecular Hbond substituents is 2. The molecule has 3 aromatic rings. The quantitative estimate of drug-likeness (QED) is 0.611. The van der Waals surface area contributed by atoms with Crippen LogP contribution in [0.2, 0.25) is 0 Å². The van der Waals surface area contributed by atoms with Gasteiger partial charge >= 0.3 is 0 Å². The number of nitrogens with zero attached hydrogens (tertiary/aromatic N) is 1. The highest BCUT2D eigenvalue weighted by molar-refractivity contribution is 5.45. The van der Waals surface area contributed by atoms with Crippen LogP contribution in [0.4, 0.5) is 0 Å². The van der Waals surface area contributed by atoms with E-state index in [0.717, 1.165) is 30.4 Å². The molecule has 0 saturated carbocycles. The molecule has 0 bridgehead atoms. The zero-order valence-corrected chi connectivity index (χ0v) is 16.5. The van der Waals surface area contributed by atoms with Gasteiger partial charge in [0.05, 0.1) is 11.6 Å². The molecule has 4 rings (SSSR count). The zero-order valence-electron chi connectivity index (χ0n) is 16.5. The third-order valence-electron chi connectivity index (χ3n) is 6.37. The second-order valence-electron chi connectivity index (χ2n) is 7.94. The van der Waals surface area contributed by atoms with E-state index in [1.165, 1.54) is 16.7 Å². The molecular weight excluding hydrogens is 358 g/mol. The molecule has 0 heterocycles. The molecule has 0 spiro atoms. The van der Waals surface area contributed by atoms with Crippen molar-refractivity contribution < 1.29 is 10.2 Å². The normalized spacial score (nSPS) is 20.6. The molecule has 0 fully saturated rings. The first kappa shape index (κ1) is 19.1. The summed E-state index contributed by atoms with van der Waals surface area (Å²) in [6.45, 7) is 2.22. The van der Waals surface area contributed by atoms with Crippen LogP contribution in [0.1, 0.15) is 53.0 Å². The minimum Gasteiger partial charge on any atom is -0.508 e. The van der Waals surface area contributed by atoms with Crippen molar-refractivity contribution in [1.29, 1.82) is 5.26 Å². The maximum atomic E-state index is 10.2. The van der Waals surface area contributed by atoms with Gasteiger partial charge in [-0.15, -0.1) is 0 Å². The average Bonchev–Trinajstić information content (AvgIpc) is 2.74. The third kappa shape index (κ3) is 3.71. The third-order valence-corrected chi connectivity index (χ3v) is 6.37. The van der Waals surface area contributed by atoms with Gasteiger partial charge in [0.15, 0.2) is 0 Å². The Balaban J connectivity index is 1.80. The highest BCUT2D eigenvalue weighted by Crippen LogP contribution is 2.48. The fourth-order valence-electron chi connectivity index (χ4n) is 4.97. The van der Waals surface area contributed by atoms with Crippen molar-refractivity contribution in [3.63, 3.8) is 0 Å². The number of rotatable bonds is 4. The van der Waals surface area contributed by atoms with Crippen LogP contribution in [-0.4, -0.2) is 10.2 Å². The van der Waals surface area contributed by atoms with Crippen LogP contribution < -0.4 is 0 Å². The minimum absolute atomic E-state index is 0.212. The summed E-state index contributed by atoms with van der Waals surface area (Å²) in [5.74, 6) is 1.49. The molecule has 0 radical (unpaired) electrons. The maximum Gasteiger partial charge on any atom is 0.115 e. The highest BCUT2D eigenvalue weighted by Gasteiger charge is 2.37. The number of aromatic hydroxyl groups is 2. The van der Waals surface area contributed by atoms with Crippen molar-refractivity contribution in [2.45, 2.75) is 38.0 Å². The Kier molecular flexibility index (Phi) is 5.27. The topological polar surface area (TPSA) is 64.2 Å². The molecule has 3 nitrogen and oxygen atoms in total. The summed E-state index contributed by atoms with van der Waals surface area (Å²) >= 11 is 0. The summed E-state index contributed by atoms with van der Waals surface area (Å²) < 4.78 is 0. The van der Waals surface area contributed by atoms with E-state index in [1.807, 2.05) is 48.5 Å². The van der Waals surface area contributed by atoms with Crippen molar-refractivity contribution in [1.82, 2.24) is 0 Å². The number of nitriles is 1. The van der Waals surface area contributed by atoms with Crippen LogP contribution in [0.15, 0.2) is 66.7 Å². The van der Waals surface area contributed by atoms with E-state index in [9.17, 15) is 15.5 Å². The van der Waals surface area contributed by atoms with E-state index in [2.05, 4.69) is 13.0 Å². The summed E-state index contributed by atoms with van der Waals surface area (Å²) in [7, 11) is 0. The van der Waals surface area contributed by atoms with Gasteiger partial charge in [0, 0.05) is 0 Å². The van der Waals surface area contributed by atoms with Crippen LogP contribution in [0.3, 0.4) is 0 Å². The van der Waals surface area contributed by atoms with Crippen molar-refractivity contribution in [3.8, 4) is 17.6 Å². The molecule has 146 valence electrons. The van der Waals surface area contributed by atoms with Gasteiger partial charge in [0.2, 0.25) is 0 Å². The Bertz CT molecular complexity index is 1050. The van der Waals surface area contributed by atoms with Gasteiger partial charge < -0.3 is 10.2 Å². The van der Waals surface area contributed by atoms with Crippen molar-refractivity contribution >= 4 is 0 Å². The lowest BCUT2D eigenvalue weighted by molar-refractivity contribution is 0.310. The maximum absolute atomic E-state index is 10.2. The van der Waals surface area contributed by atoms with Gasteiger partial charge in [0.25, 0.3) is 0 Å². The van der Waals surface area contributed by atoms with Gasteiger partial charge in [-0.05, 0) is 83.2 Å². The smallest absolute Gasteiger partial charge is 0.115 e. The molecule has 3 aromatic carbocycles. The number of benzene rings is 3. The lowest BCUT2D eigenvalue weighted by Crippen LogP contribution is -2.29. The summed E-state index contributed by atoms with van der Waals surface area (Å²) in [6.07, 6.45) is 2.68. The number of hydrogen-bond donors (Lipinski definition) is 2. The Labute approximate surface area is 171 Å². The van der Waals surface area contributed by atoms with Crippen molar-refractivity contribution in [3.05, 3.63) is 94.5 Å². The van der Waals surface area contributed by atoms with Gasteiger partial charge in [-0.2, -0.15) is 5.26 Å². The standard InChI is InChI=1S/C26H25NO2/c1-2-23-24(17-7-10-21(28)11-8-17)14-19-9-12-22(29)15-25(19)26(23)13-18-5-3-4-6-20(18)16-27/h3-12,15,23-24,26,28-29H,2,13-14H2,1H3. The Morgan fingerprint density at radius 3 is 2.41 bits per heavy atom. The van der Waals surface area contributed by atoms with E-state index in [1.54, 1.807) is 18.2 Å². The lowest BCUT2D eigenvalue weighted by atomic mass is 9.64. The summed E-state index contributed by atoms with van der Waals surface area (Å²) in [6, 6.07) is 23.4. The number of hydrogen-bond acceptors (Lipinski definition) is 3. The molecule has 2 N–H and O–H groups in total. The van der Waals surface area contributed by atoms with Crippen molar-refractivity contribution in [2.75, 3.05) is 0 Å². The van der Waals surface area contributed by atoms with Crippen LogP contribution in [0.25, 0.3) is 0 Å². The highest BCUT2D eigenvalue weighted by atomic mass is 16.3. The predicted molar refractivity (Wildman–Crippen MR) is 114 cm³/mol. The zero-order chi connectivity index (χ0) is 20.4. The molecule has 3 heteroatoms. The molecule has 1 aliphatic carbocycles. The molecule has 29 heavy (non-hydrogen) atoms. The van der Waals surface area contributed by atoms with Crippen LogP contribution in [0.5, 0.6) is 11.5 Å². The molecular formula is C26H25NO2. The van der Waals surface area contributed by atoms with Gasteiger partial charge in [-0.25, -0.2) is 0 Å². The minimum atomic E-state index is 0.212. The Morgan fingerprint density at radius 2 is 1.69 bits per heavy atom. The van der Waals surface area contributed by atoms with E-state index < -0.39 is 0 Å². The molecule has 0 saturated heterocycles. The second-order valence-corrected chi connectivity index (χ2v) is 7.94. The van der Waals surface area contributed by atoms with Crippen LogP contribution in [-0.2, 0) is 12.8 Å². The fraction of sp³-hybridized carbons (Fsp3) is 0.269. The molecule has 3 atom stereocenters. The van der Waals surface area contributed by atoms with Gasteiger partial charge in [0.1, 0.15) is 11.5 Å². The Morgan fingerprint density at radius 1 is 0.966 bits per heavy atom. The van der Waals surface area contributed by atoms with Gasteiger partial charge in [-0.1, -0.05) is 49.7 Å². The molecule has 0 aliphatic heterocycles. The fourth-order valence-corrected chi connectivity index (χ4v) is 4.97. The first-order valence-electron chi connectivity index (χ1n) is 10.2. The largest absolute Gasteiger partial charge is 0.508 e. The molecule has 1 aliphatic rings. The number of fused-ring (bicyclic) bond motifs is 1.